The predicted octanol–water partition coefficient (Wildman–Crippen LogP) is 12.2. The molecule has 1 aliphatic heterocycles. The van der Waals surface area contributed by atoms with Crippen LogP contribution in [0.4, 0.5) is 17.1 Å². The third-order valence-corrected chi connectivity index (χ3v) is 13.2. The first-order chi connectivity index (χ1) is 23.5. The quantitative estimate of drug-likeness (QED) is 0.258. The fourth-order valence-corrected chi connectivity index (χ4v) is 10.9. The Kier molecular flexibility index (Phi) is 7.55. The molecular weight excluding hydrogens is 581 g/mol. The minimum Gasteiger partial charge on any atom is -0.337 e. The van der Waals surface area contributed by atoms with Crippen molar-refractivity contribution in [2.45, 2.75) is 108 Å². The fourth-order valence-electron chi connectivity index (χ4n) is 10.9. The average molecular weight is 633 g/mol. The van der Waals surface area contributed by atoms with Crippen LogP contribution in [0.15, 0.2) is 120 Å². The summed E-state index contributed by atoms with van der Waals surface area (Å²) in [4.78, 5) is 5.36. The molecule has 246 valence electrons. The van der Waals surface area contributed by atoms with Crippen LogP contribution in [0.1, 0.15) is 114 Å². The van der Waals surface area contributed by atoms with E-state index in [9.17, 15) is 0 Å². The van der Waals surface area contributed by atoms with E-state index < -0.39 is 0 Å². The van der Waals surface area contributed by atoms with Crippen LogP contribution in [0.5, 0.6) is 0 Å². The zero-order chi connectivity index (χ0) is 32.4. The van der Waals surface area contributed by atoms with Gasteiger partial charge in [-0.1, -0.05) is 99.2 Å². The number of anilines is 3. The van der Waals surface area contributed by atoms with E-state index in [0.717, 1.165) is 12.3 Å². The van der Waals surface area contributed by atoms with Crippen LogP contribution in [-0.2, 0) is 5.41 Å². The first kappa shape index (κ1) is 30.3. The third kappa shape index (κ3) is 4.88. The van der Waals surface area contributed by atoms with Gasteiger partial charge >= 0.3 is 0 Å². The molecule has 6 atom stereocenters. The molecule has 0 aromatic heterocycles. The van der Waals surface area contributed by atoms with Gasteiger partial charge in [0.1, 0.15) is 0 Å². The molecule has 1 heterocycles. The van der Waals surface area contributed by atoms with E-state index in [-0.39, 0.29) is 5.41 Å². The van der Waals surface area contributed by atoms with Crippen molar-refractivity contribution < 1.29 is 0 Å². The summed E-state index contributed by atoms with van der Waals surface area (Å²) < 4.78 is 0. The van der Waals surface area contributed by atoms with E-state index in [1.807, 2.05) is 0 Å². The van der Waals surface area contributed by atoms with Crippen LogP contribution in [0, 0.1) is 17.8 Å². The summed E-state index contributed by atoms with van der Waals surface area (Å²) >= 11 is 0. The van der Waals surface area contributed by atoms with Crippen molar-refractivity contribution in [2.24, 2.45) is 17.8 Å². The summed E-state index contributed by atoms with van der Waals surface area (Å²) in [5.74, 6) is 2.94. The summed E-state index contributed by atoms with van der Waals surface area (Å²) in [6.45, 7) is 7.54. The molecule has 0 radical (unpaired) electrons. The molecule has 2 nitrogen and oxygen atoms in total. The summed E-state index contributed by atoms with van der Waals surface area (Å²) in [5.41, 5.74) is 13.8. The maximum Gasteiger partial charge on any atom is 0.0458 e. The summed E-state index contributed by atoms with van der Waals surface area (Å²) in [7, 11) is 0. The largest absolute Gasteiger partial charge is 0.337 e. The van der Waals surface area contributed by atoms with Crippen molar-refractivity contribution in [3.05, 3.63) is 137 Å². The van der Waals surface area contributed by atoms with Crippen LogP contribution in [0.25, 0.3) is 0 Å². The van der Waals surface area contributed by atoms with Crippen molar-refractivity contribution in [2.75, 3.05) is 9.80 Å². The lowest BCUT2D eigenvalue weighted by molar-refractivity contribution is 0.301. The first-order valence-corrected chi connectivity index (χ1v) is 19.1. The van der Waals surface area contributed by atoms with Crippen molar-refractivity contribution >= 4 is 17.1 Å². The minimum absolute atomic E-state index is 0.214. The summed E-state index contributed by atoms with van der Waals surface area (Å²) in [6, 6.07) is 28.3. The van der Waals surface area contributed by atoms with Crippen LogP contribution < -0.4 is 9.80 Å². The van der Waals surface area contributed by atoms with Gasteiger partial charge in [0.15, 0.2) is 0 Å². The van der Waals surface area contributed by atoms with Crippen LogP contribution in [-0.4, -0.2) is 6.04 Å². The molecule has 3 aromatic rings. The van der Waals surface area contributed by atoms with E-state index in [2.05, 4.69) is 134 Å². The van der Waals surface area contributed by atoms with Gasteiger partial charge in [0, 0.05) is 46.3 Å². The van der Waals surface area contributed by atoms with Crippen molar-refractivity contribution in [3.8, 4) is 0 Å². The average Bonchev–Trinajstić information content (AvgIpc) is 3.58. The predicted molar refractivity (Wildman–Crippen MR) is 202 cm³/mol. The first-order valence-electron chi connectivity index (χ1n) is 19.1. The summed E-state index contributed by atoms with van der Waals surface area (Å²) in [6.07, 6.45) is 25.3. The van der Waals surface area contributed by atoms with E-state index in [1.165, 1.54) is 86.1 Å². The van der Waals surface area contributed by atoms with Gasteiger partial charge in [-0.3, -0.25) is 0 Å². The SMILES string of the molecule is CC1CC(C2=CC3c4ccccc4N(c4ccccc4)[C@H]3CC2)CC=C1N(C1=CCCCC1)c1ccc2c(c1)C(C)(C)C1CCC=CC21. The lowest BCUT2D eigenvalue weighted by atomic mass is 9.72. The van der Waals surface area contributed by atoms with Crippen LogP contribution >= 0.6 is 0 Å². The van der Waals surface area contributed by atoms with Gasteiger partial charge in [-0.05, 0) is 134 Å². The minimum atomic E-state index is 0.214. The maximum atomic E-state index is 2.73. The summed E-state index contributed by atoms with van der Waals surface area (Å²) in [5, 5.41) is 0. The second-order valence-corrected chi connectivity index (χ2v) is 16.2. The molecule has 5 aliphatic carbocycles. The van der Waals surface area contributed by atoms with Gasteiger partial charge in [0.2, 0.25) is 0 Å². The van der Waals surface area contributed by atoms with E-state index in [0.29, 0.717) is 29.7 Å². The lowest BCUT2D eigenvalue weighted by Crippen LogP contribution is -2.34. The van der Waals surface area contributed by atoms with Gasteiger partial charge in [-0.25, -0.2) is 0 Å². The molecule has 0 fully saturated rings. The molecule has 0 N–H and O–H groups in total. The highest BCUT2D eigenvalue weighted by Gasteiger charge is 2.46. The Bertz CT molecular complexity index is 1820. The van der Waals surface area contributed by atoms with Gasteiger partial charge in [0.05, 0.1) is 0 Å². The van der Waals surface area contributed by atoms with Crippen LogP contribution in [0.2, 0.25) is 0 Å². The fraction of sp³-hybridized carbons (Fsp3) is 0.435. The number of hydrogen-bond donors (Lipinski definition) is 0. The lowest BCUT2D eigenvalue weighted by Gasteiger charge is -2.40. The number of hydrogen-bond acceptors (Lipinski definition) is 2. The van der Waals surface area contributed by atoms with Crippen molar-refractivity contribution in [3.63, 3.8) is 0 Å². The van der Waals surface area contributed by atoms with Gasteiger partial charge in [-0.2, -0.15) is 0 Å². The molecule has 0 spiro atoms. The molecule has 9 rings (SSSR count). The Morgan fingerprint density at radius 2 is 1.67 bits per heavy atom. The number of allylic oxidation sites excluding steroid dienone is 7. The number of para-hydroxylation sites is 2. The molecule has 0 amide bonds. The second kappa shape index (κ2) is 12.0. The highest BCUT2D eigenvalue weighted by atomic mass is 15.2. The number of nitrogens with zero attached hydrogens (tertiary/aromatic N) is 2. The molecule has 2 heteroatoms. The molecule has 0 saturated carbocycles. The van der Waals surface area contributed by atoms with Crippen molar-refractivity contribution in [1.82, 2.24) is 0 Å². The molecule has 0 saturated heterocycles. The maximum absolute atomic E-state index is 2.73. The Balaban J connectivity index is 1.03. The number of rotatable bonds is 5. The molecule has 48 heavy (non-hydrogen) atoms. The topological polar surface area (TPSA) is 6.48 Å². The van der Waals surface area contributed by atoms with Gasteiger partial charge in [0.25, 0.3) is 0 Å². The second-order valence-electron chi connectivity index (χ2n) is 16.2. The number of benzene rings is 3. The smallest absolute Gasteiger partial charge is 0.0458 e. The van der Waals surface area contributed by atoms with Crippen LogP contribution in [0.3, 0.4) is 0 Å². The highest BCUT2D eigenvalue weighted by Crippen LogP contribution is 2.56. The monoisotopic (exact) mass is 632 g/mol. The highest BCUT2D eigenvalue weighted by molar-refractivity contribution is 5.74. The van der Waals surface area contributed by atoms with Gasteiger partial charge < -0.3 is 9.80 Å². The number of fused-ring (bicyclic) bond motifs is 6. The molecule has 5 unspecified atom stereocenters. The standard InChI is InChI=1S/C46H52N2/c1-31-28-32(33-23-27-45-40(29-33)39-19-11-13-21-44(39)48(45)35-16-8-5-9-17-35)22-26-43(31)47(34-14-6-4-7-15-34)36-24-25-38-37-18-10-12-20-41(37)46(2,3)42(38)30-36/h5,8-11,13-14,16-19,21,24-26,29-32,37,40-41,45H,4,6-7,12,15,20,22-23,27-28H2,1-3H3/t31?,32?,37?,40?,41?,45-/m0/s1. The van der Waals surface area contributed by atoms with E-state index >= 15 is 0 Å². The van der Waals surface area contributed by atoms with Gasteiger partial charge in [-0.15, -0.1) is 0 Å². The van der Waals surface area contributed by atoms with Crippen molar-refractivity contribution in [1.29, 1.82) is 0 Å². The Hall–Kier alpha value is -3.78. The zero-order valence-corrected chi connectivity index (χ0v) is 29.2. The Morgan fingerprint density at radius 1 is 0.812 bits per heavy atom. The van der Waals surface area contributed by atoms with E-state index in [4.69, 9.17) is 0 Å². The Morgan fingerprint density at radius 3 is 2.50 bits per heavy atom. The third-order valence-electron chi connectivity index (χ3n) is 13.2. The zero-order valence-electron chi connectivity index (χ0n) is 29.2. The Labute approximate surface area is 288 Å². The molecule has 0 bridgehead atoms. The molecular formula is C46H52N2. The normalized spacial score (nSPS) is 30.0. The molecule has 3 aromatic carbocycles. The molecule has 6 aliphatic rings. The van der Waals surface area contributed by atoms with E-state index in [1.54, 1.807) is 22.4 Å².